The normalized spacial score (nSPS) is 12.4. The summed E-state index contributed by atoms with van der Waals surface area (Å²) in [6.45, 7) is 1.97. The van der Waals surface area contributed by atoms with Crippen molar-refractivity contribution in [2.24, 2.45) is 7.05 Å². The minimum Gasteiger partial charge on any atom is -0.394 e. The van der Waals surface area contributed by atoms with Crippen molar-refractivity contribution in [3.05, 3.63) is 46.2 Å². The van der Waals surface area contributed by atoms with Gasteiger partial charge in [0.05, 0.1) is 18.3 Å². The largest absolute Gasteiger partial charge is 0.394 e. The molecule has 1 aromatic heterocycles. The first-order valence-electron chi connectivity index (χ1n) is 5.73. The highest BCUT2D eigenvalue weighted by atomic mass is 79.9. The smallest absolute Gasteiger partial charge is 0.0778 e. The maximum atomic E-state index is 9.53. The molecule has 0 aliphatic rings. The lowest BCUT2D eigenvalue weighted by Crippen LogP contribution is -2.15. The average molecular weight is 310 g/mol. The van der Waals surface area contributed by atoms with Gasteiger partial charge in [0.1, 0.15) is 0 Å². The summed E-state index contributed by atoms with van der Waals surface area (Å²) in [5, 5.41) is 17.1. The van der Waals surface area contributed by atoms with Crippen LogP contribution in [-0.4, -0.2) is 21.5 Å². The number of aliphatic hydroxyl groups excluding tert-OH is 1. The van der Waals surface area contributed by atoms with Crippen molar-refractivity contribution in [3.8, 4) is 0 Å². The van der Waals surface area contributed by atoms with Gasteiger partial charge in [0.2, 0.25) is 0 Å². The van der Waals surface area contributed by atoms with E-state index in [1.807, 2.05) is 44.4 Å². The quantitative estimate of drug-likeness (QED) is 0.913. The summed E-state index contributed by atoms with van der Waals surface area (Å²) >= 11 is 3.43. The molecular formula is C13H16BrN3O. The lowest BCUT2D eigenvalue weighted by atomic mass is 10.1. The number of nitrogens with one attached hydrogen (secondary N) is 1. The van der Waals surface area contributed by atoms with E-state index >= 15 is 0 Å². The number of benzene rings is 1. The summed E-state index contributed by atoms with van der Waals surface area (Å²) in [5.74, 6) is 0. The first kappa shape index (κ1) is 13.1. The highest BCUT2D eigenvalue weighted by Crippen LogP contribution is 2.23. The molecule has 2 rings (SSSR count). The zero-order valence-electron chi connectivity index (χ0n) is 10.4. The molecule has 0 aliphatic heterocycles. The second-order valence-corrected chi connectivity index (χ2v) is 5.15. The molecule has 4 nitrogen and oxygen atoms in total. The second-order valence-electron chi connectivity index (χ2n) is 4.23. The van der Waals surface area contributed by atoms with Crippen molar-refractivity contribution in [1.82, 2.24) is 9.78 Å². The molecule has 0 spiro atoms. The minimum atomic E-state index is -0.145. The summed E-state index contributed by atoms with van der Waals surface area (Å²) in [6.07, 6.45) is 1.93. The van der Waals surface area contributed by atoms with Crippen LogP contribution in [0.1, 0.15) is 17.3 Å². The fraction of sp³-hybridized carbons (Fsp3) is 0.308. The van der Waals surface area contributed by atoms with Gasteiger partial charge in [-0.25, -0.2) is 0 Å². The SMILES string of the molecule is Cc1nn(C)cc1C(CO)Nc1cccc(Br)c1. The van der Waals surface area contributed by atoms with E-state index in [0.717, 1.165) is 21.4 Å². The van der Waals surface area contributed by atoms with Gasteiger partial charge in [-0.05, 0) is 25.1 Å². The number of hydrogen-bond acceptors (Lipinski definition) is 3. The van der Waals surface area contributed by atoms with Gasteiger partial charge < -0.3 is 10.4 Å². The van der Waals surface area contributed by atoms with Crippen LogP contribution in [0.5, 0.6) is 0 Å². The van der Waals surface area contributed by atoms with Gasteiger partial charge in [-0.3, -0.25) is 4.68 Å². The Morgan fingerprint density at radius 3 is 2.83 bits per heavy atom. The highest BCUT2D eigenvalue weighted by molar-refractivity contribution is 9.10. The number of halogens is 1. The van der Waals surface area contributed by atoms with Crippen molar-refractivity contribution in [2.75, 3.05) is 11.9 Å². The zero-order valence-corrected chi connectivity index (χ0v) is 12.0. The number of rotatable bonds is 4. The number of aliphatic hydroxyl groups is 1. The van der Waals surface area contributed by atoms with Crippen molar-refractivity contribution in [2.45, 2.75) is 13.0 Å². The topological polar surface area (TPSA) is 50.1 Å². The number of anilines is 1. The monoisotopic (exact) mass is 309 g/mol. The maximum absolute atomic E-state index is 9.53. The van der Waals surface area contributed by atoms with Crippen LogP contribution in [0.4, 0.5) is 5.69 Å². The van der Waals surface area contributed by atoms with Crippen LogP contribution in [0.3, 0.4) is 0 Å². The maximum Gasteiger partial charge on any atom is 0.0778 e. The summed E-state index contributed by atoms with van der Waals surface area (Å²) in [7, 11) is 1.88. The van der Waals surface area contributed by atoms with E-state index in [-0.39, 0.29) is 12.6 Å². The van der Waals surface area contributed by atoms with E-state index in [4.69, 9.17) is 0 Å². The van der Waals surface area contributed by atoms with Gasteiger partial charge in [-0.15, -0.1) is 0 Å². The van der Waals surface area contributed by atoms with Crippen LogP contribution >= 0.6 is 15.9 Å². The molecule has 0 fully saturated rings. The van der Waals surface area contributed by atoms with Gasteiger partial charge in [-0.2, -0.15) is 5.10 Å². The van der Waals surface area contributed by atoms with Gasteiger partial charge in [0.25, 0.3) is 0 Å². The fourth-order valence-electron chi connectivity index (χ4n) is 1.96. The molecule has 1 heterocycles. The van der Waals surface area contributed by atoms with E-state index in [1.165, 1.54) is 0 Å². The number of aromatic nitrogens is 2. The first-order chi connectivity index (χ1) is 8.60. The van der Waals surface area contributed by atoms with Crippen LogP contribution < -0.4 is 5.32 Å². The van der Waals surface area contributed by atoms with Gasteiger partial charge in [-0.1, -0.05) is 22.0 Å². The summed E-state index contributed by atoms with van der Waals surface area (Å²) < 4.78 is 2.77. The van der Waals surface area contributed by atoms with E-state index in [9.17, 15) is 5.11 Å². The zero-order chi connectivity index (χ0) is 13.1. The molecule has 1 aromatic carbocycles. The molecule has 0 aliphatic carbocycles. The number of nitrogens with zero attached hydrogens (tertiary/aromatic N) is 2. The van der Waals surface area contributed by atoms with E-state index in [0.29, 0.717) is 0 Å². The molecule has 96 valence electrons. The molecule has 5 heteroatoms. The van der Waals surface area contributed by atoms with Crippen LogP contribution in [0.25, 0.3) is 0 Å². The Balaban J connectivity index is 2.22. The third-order valence-electron chi connectivity index (χ3n) is 2.77. The van der Waals surface area contributed by atoms with Crippen LogP contribution in [0.2, 0.25) is 0 Å². The van der Waals surface area contributed by atoms with E-state index in [2.05, 4.69) is 26.3 Å². The minimum absolute atomic E-state index is 0.0268. The van der Waals surface area contributed by atoms with Crippen LogP contribution in [-0.2, 0) is 7.05 Å². The Hall–Kier alpha value is -1.33. The Labute approximate surface area is 115 Å². The van der Waals surface area contributed by atoms with Crippen LogP contribution in [0, 0.1) is 6.92 Å². The molecule has 0 radical (unpaired) electrons. The van der Waals surface area contributed by atoms with Gasteiger partial charge >= 0.3 is 0 Å². The number of aryl methyl sites for hydroxylation is 2. The van der Waals surface area contributed by atoms with E-state index in [1.54, 1.807) is 4.68 Å². The summed E-state index contributed by atoms with van der Waals surface area (Å²) in [6, 6.07) is 7.73. The molecule has 0 saturated carbocycles. The standard InChI is InChI=1S/C13H16BrN3O/c1-9-12(7-17(2)16-9)13(8-18)15-11-5-3-4-10(14)6-11/h3-7,13,15,18H,8H2,1-2H3. The highest BCUT2D eigenvalue weighted by Gasteiger charge is 2.15. The lowest BCUT2D eigenvalue weighted by molar-refractivity contribution is 0.276. The molecule has 1 unspecified atom stereocenters. The van der Waals surface area contributed by atoms with Crippen molar-refractivity contribution >= 4 is 21.6 Å². The second kappa shape index (κ2) is 5.54. The third kappa shape index (κ3) is 2.91. The van der Waals surface area contributed by atoms with Crippen molar-refractivity contribution in [3.63, 3.8) is 0 Å². The summed E-state index contributed by atoms with van der Waals surface area (Å²) in [4.78, 5) is 0. The molecule has 18 heavy (non-hydrogen) atoms. The predicted molar refractivity (Wildman–Crippen MR) is 75.5 cm³/mol. The first-order valence-corrected chi connectivity index (χ1v) is 6.52. The third-order valence-corrected chi connectivity index (χ3v) is 3.27. The number of hydrogen-bond donors (Lipinski definition) is 2. The van der Waals surface area contributed by atoms with Gasteiger partial charge in [0, 0.05) is 29.0 Å². The molecule has 0 amide bonds. The van der Waals surface area contributed by atoms with Crippen molar-refractivity contribution in [1.29, 1.82) is 0 Å². The average Bonchev–Trinajstić information content (AvgIpc) is 2.65. The fourth-order valence-corrected chi connectivity index (χ4v) is 2.36. The Kier molecular flexibility index (Phi) is 4.04. The Morgan fingerprint density at radius 1 is 1.50 bits per heavy atom. The molecule has 0 bridgehead atoms. The Bertz CT molecular complexity index is 539. The molecule has 0 saturated heterocycles. The molecule has 1 atom stereocenters. The molecular weight excluding hydrogens is 294 g/mol. The van der Waals surface area contributed by atoms with E-state index < -0.39 is 0 Å². The summed E-state index contributed by atoms with van der Waals surface area (Å²) in [5.41, 5.74) is 2.91. The lowest BCUT2D eigenvalue weighted by Gasteiger charge is -2.17. The van der Waals surface area contributed by atoms with Gasteiger partial charge in [0.15, 0.2) is 0 Å². The predicted octanol–water partition coefficient (Wildman–Crippen LogP) is 2.64. The Morgan fingerprint density at radius 2 is 2.28 bits per heavy atom. The molecule has 2 N–H and O–H groups in total. The van der Waals surface area contributed by atoms with Crippen molar-refractivity contribution < 1.29 is 5.11 Å². The molecule has 2 aromatic rings. The van der Waals surface area contributed by atoms with Crippen LogP contribution in [0.15, 0.2) is 34.9 Å².